The lowest BCUT2D eigenvalue weighted by Crippen LogP contribution is -2.05. The van der Waals surface area contributed by atoms with Crippen LogP contribution in [0.1, 0.15) is 6.42 Å². The number of benzene rings is 1. The van der Waals surface area contributed by atoms with E-state index in [1.165, 1.54) is 12.1 Å². The fourth-order valence-corrected chi connectivity index (χ4v) is 1.79. The number of nitrogens with zero attached hydrogens (tertiary/aromatic N) is 2. The van der Waals surface area contributed by atoms with Gasteiger partial charge in [0.2, 0.25) is 0 Å². The highest BCUT2D eigenvalue weighted by molar-refractivity contribution is 6.30. The van der Waals surface area contributed by atoms with Crippen LogP contribution in [-0.2, 0) is 6.54 Å². The lowest BCUT2D eigenvalue weighted by molar-refractivity contribution is 0.627. The van der Waals surface area contributed by atoms with Gasteiger partial charge in [-0.25, -0.2) is 9.37 Å². The van der Waals surface area contributed by atoms with E-state index in [-0.39, 0.29) is 5.82 Å². The third kappa shape index (κ3) is 3.75. The zero-order chi connectivity index (χ0) is 12.1. The molecule has 0 spiro atoms. The smallest absolute Gasteiger partial charge is 0.126 e. The first-order valence-electron chi connectivity index (χ1n) is 5.40. The zero-order valence-corrected chi connectivity index (χ0v) is 9.99. The van der Waals surface area contributed by atoms with Crippen molar-refractivity contribution in [3.05, 3.63) is 47.8 Å². The number of nitrogens with one attached hydrogen (secondary N) is 1. The molecule has 0 atom stereocenters. The van der Waals surface area contributed by atoms with Gasteiger partial charge in [0.15, 0.2) is 0 Å². The molecule has 0 radical (unpaired) electrons. The normalized spacial score (nSPS) is 10.5. The van der Waals surface area contributed by atoms with Crippen LogP contribution in [-0.4, -0.2) is 16.1 Å². The summed E-state index contributed by atoms with van der Waals surface area (Å²) in [6.07, 6.45) is 6.38. The van der Waals surface area contributed by atoms with Crippen LogP contribution in [0.3, 0.4) is 0 Å². The van der Waals surface area contributed by atoms with Gasteiger partial charge in [0.1, 0.15) is 5.82 Å². The lowest BCUT2D eigenvalue weighted by Gasteiger charge is -2.07. The van der Waals surface area contributed by atoms with E-state index in [9.17, 15) is 4.39 Å². The second-order valence-corrected chi connectivity index (χ2v) is 4.18. The van der Waals surface area contributed by atoms with E-state index >= 15 is 0 Å². The topological polar surface area (TPSA) is 29.9 Å². The molecule has 2 aromatic rings. The van der Waals surface area contributed by atoms with Gasteiger partial charge in [-0.15, -0.1) is 0 Å². The lowest BCUT2D eigenvalue weighted by atomic mass is 10.3. The maximum absolute atomic E-state index is 13.0. The van der Waals surface area contributed by atoms with Crippen molar-refractivity contribution in [3.63, 3.8) is 0 Å². The summed E-state index contributed by atoms with van der Waals surface area (Å²) in [4.78, 5) is 3.96. The van der Waals surface area contributed by atoms with Crippen molar-refractivity contribution < 1.29 is 4.39 Å². The Balaban J connectivity index is 1.78. The number of anilines is 1. The molecule has 0 saturated heterocycles. The molecule has 90 valence electrons. The SMILES string of the molecule is Fc1cc(Cl)cc(NCCCn2ccnc2)c1. The van der Waals surface area contributed by atoms with E-state index in [4.69, 9.17) is 11.6 Å². The Morgan fingerprint density at radius 2 is 2.24 bits per heavy atom. The first-order valence-corrected chi connectivity index (χ1v) is 5.77. The van der Waals surface area contributed by atoms with E-state index < -0.39 is 0 Å². The van der Waals surface area contributed by atoms with Gasteiger partial charge in [-0.05, 0) is 24.6 Å². The van der Waals surface area contributed by atoms with Crippen molar-refractivity contribution in [2.75, 3.05) is 11.9 Å². The Labute approximate surface area is 104 Å². The summed E-state index contributed by atoms with van der Waals surface area (Å²) >= 11 is 5.75. The van der Waals surface area contributed by atoms with E-state index in [0.29, 0.717) is 10.7 Å². The predicted molar refractivity (Wildman–Crippen MR) is 66.7 cm³/mol. The van der Waals surface area contributed by atoms with E-state index in [0.717, 1.165) is 19.5 Å². The third-order valence-electron chi connectivity index (χ3n) is 2.34. The first-order chi connectivity index (χ1) is 8.24. The molecule has 0 amide bonds. The van der Waals surface area contributed by atoms with E-state index in [2.05, 4.69) is 10.3 Å². The molecule has 0 aliphatic carbocycles. The van der Waals surface area contributed by atoms with E-state index in [1.54, 1.807) is 18.6 Å². The largest absolute Gasteiger partial charge is 0.385 e. The second-order valence-electron chi connectivity index (χ2n) is 3.74. The summed E-state index contributed by atoms with van der Waals surface area (Å²) in [5, 5.41) is 3.54. The standard InChI is InChI=1S/C12H13ClFN3/c13-10-6-11(14)8-12(7-10)16-2-1-4-17-5-3-15-9-17/h3,5-9,16H,1-2,4H2. The van der Waals surface area contributed by atoms with Gasteiger partial charge in [0, 0.05) is 36.2 Å². The number of hydrogen-bond donors (Lipinski definition) is 1. The monoisotopic (exact) mass is 253 g/mol. The van der Waals surface area contributed by atoms with Crippen molar-refractivity contribution in [1.82, 2.24) is 9.55 Å². The molecule has 0 aliphatic rings. The summed E-state index contributed by atoms with van der Waals surface area (Å²) in [7, 11) is 0. The van der Waals surface area contributed by atoms with Crippen LogP contribution in [0.5, 0.6) is 0 Å². The minimum atomic E-state index is -0.324. The molecule has 0 aliphatic heterocycles. The molecule has 1 aromatic heterocycles. The summed E-state index contributed by atoms with van der Waals surface area (Å²) in [5.41, 5.74) is 0.709. The number of imidazole rings is 1. The van der Waals surface area contributed by atoms with E-state index in [1.807, 2.05) is 10.8 Å². The van der Waals surface area contributed by atoms with Gasteiger partial charge in [-0.1, -0.05) is 11.6 Å². The van der Waals surface area contributed by atoms with Gasteiger partial charge >= 0.3 is 0 Å². The van der Waals surface area contributed by atoms with Crippen LogP contribution in [0.15, 0.2) is 36.9 Å². The molecule has 1 heterocycles. The van der Waals surface area contributed by atoms with Crippen LogP contribution in [0.2, 0.25) is 5.02 Å². The average molecular weight is 254 g/mol. The maximum atomic E-state index is 13.0. The molecule has 2 rings (SSSR count). The summed E-state index contributed by atoms with van der Waals surface area (Å²) < 4.78 is 15.0. The minimum Gasteiger partial charge on any atom is -0.385 e. The molecule has 1 aromatic carbocycles. The van der Waals surface area contributed by atoms with Crippen molar-refractivity contribution >= 4 is 17.3 Å². The highest BCUT2D eigenvalue weighted by Gasteiger charge is 1.98. The van der Waals surface area contributed by atoms with Crippen LogP contribution in [0, 0.1) is 5.82 Å². The minimum absolute atomic E-state index is 0.324. The van der Waals surface area contributed by atoms with Crippen LogP contribution in [0.25, 0.3) is 0 Å². The maximum Gasteiger partial charge on any atom is 0.126 e. The average Bonchev–Trinajstić information content (AvgIpc) is 2.76. The highest BCUT2D eigenvalue weighted by atomic mass is 35.5. The molecular weight excluding hydrogens is 241 g/mol. The van der Waals surface area contributed by atoms with Crippen LogP contribution in [0.4, 0.5) is 10.1 Å². The quantitative estimate of drug-likeness (QED) is 0.830. The van der Waals surface area contributed by atoms with Crippen molar-refractivity contribution in [2.24, 2.45) is 0 Å². The van der Waals surface area contributed by atoms with Crippen molar-refractivity contribution in [3.8, 4) is 0 Å². The molecule has 0 bridgehead atoms. The van der Waals surface area contributed by atoms with Crippen LogP contribution < -0.4 is 5.32 Å². The molecule has 5 heteroatoms. The first kappa shape index (κ1) is 11.9. The number of aryl methyl sites for hydroxylation is 1. The molecule has 0 saturated carbocycles. The number of halogens is 2. The third-order valence-corrected chi connectivity index (χ3v) is 2.56. The summed E-state index contributed by atoms with van der Waals surface area (Å²) in [6, 6.07) is 4.43. The number of aromatic nitrogens is 2. The summed E-state index contributed by atoms with van der Waals surface area (Å²) in [6.45, 7) is 1.65. The van der Waals surface area contributed by atoms with Gasteiger partial charge in [-0.3, -0.25) is 0 Å². The number of rotatable bonds is 5. The number of hydrogen-bond acceptors (Lipinski definition) is 2. The highest BCUT2D eigenvalue weighted by Crippen LogP contribution is 2.17. The Morgan fingerprint density at radius 3 is 2.94 bits per heavy atom. The fraction of sp³-hybridized carbons (Fsp3) is 0.250. The molecule has 0 fully saturated rings. The molecular formula is C12H13ClFN3. The van der Waals surface area contributed by atoms with Gasteiger partial charge < -0.3 is 9.88 Å². The zero-order valence-electron chi connectivity index (χ0n) is 9.24. The van der Waals surface area contributed by atoms with Crippen molar-refractivity contribution in [2.45, 2.75) is 13.0 Å². The van der Waals surface area contributed by atoms with Gasteiger partial charge in [0.05, 0.1) is 6.33 Å². The van der Waals surface area contributed by atoms with Crippen molar-refractivity contribution in [1.29, 1.82) is 0 Å². The Hall–Kier alpha value is -1.55. The Bertz CT molecular complexity index is 450. The fourth-order valence-electron chi connectivity index (χ4n) is 1.57. The predicted octanol–water partition coefficient (Wildman–Crippen LogP) is 3.18. The van der Waals surface area contributed by atoms with Gasteiger partial charge in [0.25, 0.3) is 0 Å². The Kier molecular flexibility index (Phi) is 3.98. The van der Waals surface area contributed by atoms with Crippen LogP contribution >= 0.6 is 11.6 Å². The molecule has 1 N–H and O–H groups in total. The molecule has 0 unspecified atom stereocenters. The molecule has 17 heavy (non-hydrogen) atoms. The molecule has 3 nitrogen and oxygen atoms in total. The second kappa shape index (κ2) is 5.68. The van der Waals surface area contributed by atoms with Gasteiger partial charge in [-0.2, -0.15) is 0 Å². The Morgan fingerprint density at radius 1 is 1.35 bits per heavy atom. The summed E-state index contributed by atoms with van der Waals surface area (Å²) in [5.74, 6) is -0.324.